The van der Waals surface area contributed by atoms with E-state index in [-0.39, 0.29) is 5.57 Å². The van der Waals surface area contributed by atoms with Gasteiger partial charge < -0.3 is 10.1 Å². The number of halogens is 1. The molecule has 0 saturated carbocycles. The van der Waals surface area contributed by atoms with Crippen LogP contribution in [0.4, 0.5) is 5.69 Å². The minimum atomic E-state index is -0.516. The molecule has 0 radical (unpaired) electrons. The lowest BCUT2D eigenvalue weighted by Crippen LogP contribution is -2.13. The zero-order valence-corrected chi connectivity index (χ0v) is 18.8. The van der Waals surface area contributed by atoms with Crippen LogP contribution in [0.25, 0.3) is 16.8 Å². The first-order valence-electron chi connectivity index (χ1n) is 10.4. The Morgan fingerprint density at radius 3 is 2.58 bits per heavy atom. The molecule has 0 spiro atoms. The maximum absolute atomic E-state index is 12.8. The highest BCUT2D eigenvalue weighted by Gasteiger charge is 2.14. The highest BCUT2D eigenvalue weighted by atomic mass is 35.5. The normalized spacial score (nSPS) is 11.1. The minimum Gasteiger partial charge on any atom is -0.488 e. The molecule has 0 fully saturated rings. The Labute approximate surface area is 197 Å². The van der Waals surface area contributed by atoms with Crippen LogP contribution < -0.4 is 10.1 Å². The summed E-state index contributed by atoms with van der Waals surface area (Å²) >= 11 is 6.00. The minimum absolute atomic E-state index is 0.0356. The van der Waals surface area contributed by atoms with Crippen LogP contribution in [0, 0.1) is 18.3 Å². The molecule has 0 aliphatic rings. The monoisotopic (exact) mass is 452 g/mol. The molecule has 5 heteroatoms. The van der Waals surface area contributed by atoms with E-state index in [0.29, 0.717) is 28.6 Å². The molecule has 4 aromatic carbocycles. The van der Waals surface area contributed by atoms with Crippen LogP contribution in [0.5, 0.6) is 5.75 Å². The zero-order valence-electron chi connectivity index (χ0n) is 18.0. The van der Waals surface area contributed by atoms with Gasteiger partial charge in [0.05, 0.1) is 0 Å². The second-order valence-electron chi connectivity index (χ2n) is 7.61. The van der Waals surface area contributed by atoms with E-state index in [0.717, 1.165) is 16.3 Å². The van der Waals surface area contributed by atoms with Crippen molar-refractivity contribution in [2.45, 2.75) is 13.5 Å². The molecule has 0 atom stereocenters. The van der Waals surface area contributed by atoms with E-state index >= 15 is 0 Å². The Hall–Kier alpha value is -4.07. The van der Waals surface area contributed by atoms with Crippen LogP contribution in [0.2, 0.25) is 5.02 Å². The van der Waals surface area contributed by atoms with Gasteiger partial charge in [0, 0.05) is 16.3 Å². The lowest BCUT2D eigenvalue weighted by molar-refractivity contribution is -0.112. The second-order valence-corrected chi connectivity index (χ2v) is 8.04. The highest BCUT2D eigenvalue weighted by molar-refractivity contribution is 6.31. The molecular weight excluding hydrogens is 432 g/mol. The molecule has 0 bridgehead atoms. The van der Waals surface area contributed by atoms with E-state index in [2.05, 4.69) is 5.32 Å². The maximum atomic E-state index is 12.8. The molecule has 0 aliphatic heterocycles. The summed E-state index contributed by atoms with van der Waals surface area (Å²) in [7, 11) is 0. The number of carbonyl (C=O) groups is 1. The average Bonchev–Trinajstić information content (AvgIpc) is 2.82. The topological polar surface area (TPSA) is 62.1 Å². The third kappa shape index (κ3) is 5.41. The Kier molecular flexibility index (Phi) is 6.73. The molecular formula is C28H21ClN2O2. The van der Waals surface area contributed by atoms with Crippen molar-refractivity contribution >= 4 is 40.0 Å². The average molecular weight is 453 g/mol. The fraction of sp³-hybridized carbons (Fsp3) is 0.0714. The van der Waals surface area contributed by atoms with E-state index in [1.54, 1.807) is 30.3 Å². The van der Waals surface area contributed by atoms with Gasteiger partial charge in [-0.25, -0.2) is 0 Å². The summed E-state index contributed by atoms with van der Waals surface area (Å²) in [6.45, 7) is 2.41. The number of nitrogens with one attached hydrogen (secondary N) is 1. The smallest absolute Gasteiger partial charge is 0.266 e. The van der Waals surface area contributed by atoms with Crippen LogP contribution >= 0.6 is 11.6 Å². The van der Waals surface area contributed by atoms with Gasteiger partial charge in [0.15, 0.2) is 0 Å². The molecule has 33 heavy (non-hydrogen) atoms. The van der Waals surface area contributed by atoms with Crippen molar-refractivity contribution in [1.29, 1.82) is 5.26 Å². The SMILES string of the molecule is Cc1ccc(COc2ccc3ccccc3c2/C=C(\C#N)C(=O)Nc2cccc(Cl)c2)cc1. The van der Waals surface area contributed by atoms with E-state index in [1.165, 1.54) is 5.56 Å². The number of carbonyl (C=O) groups excluding carboxylic acids is 1. The van der Waals surface area contributed by atoms with Gasteiger partial charge in [0.25, 0.3) is 5.91 Å². The number of nitrogens with zero attached hydrogens (tertiary/aromatic N) is 1. The van der Waals surface area contributed by atoms with Crippen molar-refractivity contribution in [1.82, 2.24) is 0 Å². The fourth-order valence-electron chi connectivity index (χ4n) is 3.45. The second kappa shape index (κ2) is 10.0. The summed E-state index contributed by atoms with van der Waals surface area (Å²) in [5, 5.41) is 14.8. The number of nitriles is 1. The summed E-state index contributed by atoms with van der Waals surface area (Å²) in [5.74, 6) is 0.0785. The van der Waals surface area contributed by atoms with Gasteiger partial charge in [0.2, 0.25) is 0 Å². The quantitative estimate of drug-likeness (QED) is 0.255. The first-order chi connectivity index (χ1) is 16.0. The molecule has 0 aliphatic carbocycles. The summed E-state index contributed by atoms with van der Waals surface area (Å²) in [5.41, 5.74) is 3.37. The van der Waals surface area contributed by atoms with E-state index in [9.17, 15) is 10.1 Å². The summed E-state index contributed by atoms with van der Waals surface area (Å²) in [4.78, 5) is 12.8. The van der Waals surface area contributed by atoms with Crippen LogP contribution in [0.15, 0.2) is 90.5 Å². The molecule has 0 aromatic heterocycles. The van der Waals surface area contributed by atoms with Gasteiger partial charge in [-0.2, -0.15) is 5.26 Å². The molecule has 162 valence electrons. The largest absolute Gasteiger partial charge is 0.488 e. The van der Waals surface area contributed by atoms with Crippen molar-refractivity contribution in [3.05, 3.63) is 112 Å². The first-order valence-corrected chi connectivity index (χ1v) is 10.8. The molecule has 1 amide bonds. The molecule has 0 heterocycles. The predicted molar refractivity (Wildman–Crippen MR) is 133 cm³/mol. The molecule has 1 N–H and O–H groups in total. The highest BCUT2D eigenvalue weighted by Crippen LogP contribution is 2.31. The van der Waals surface area contributed by atoms with Crippen LogP contribution in [0.3, 0.4) is 0 Å². The third-order valence-corrected chi connectivity index (χ3v) is 5.42. The Morgan fingerprint density at radius 2 is 1.82 bits per heavy atom. The van der Waals surface area contributed by atoms with Crippen molar-refractivity contribution in [3.8, 4) is 11.8 Å². The van der Waals surface area contributed by atoms with Crippen LogP contribution in [-0.2, 0) is 11.4 Å². The van der Waals surface area contributed by atoms with Crippen molar-refractivity contribution in [2.75, 3.05) is 5.32 Å². The van der Waals surface area contributed by atoms with E-state index < -0.39 is 5.91 Å². The maximum Gasteiger partial charge on any atom is 0.266 e. The zero-order chi connectivity index (χ0) is 23.2. The van der Waals surface area contributed by atoms with Gasteiger partial charge >= 0.3 is 0 Å². The van der Waals surface area contributed by atoms with E-state index in [4.69, 9.17) is 16.3 Å². The fourth-order valence-corrected chi connectivity index (χ4v) is 3.64. The Balaban J connectivity index is 1.69. The number of aryl methyl sites for hydroxylation is 1. The number of rotatable bonds is 6. The number of ether oxygens (including phenoxy) is 1. The standard InChI is InChI=1S/C28H21ClN2O2/c1-19-9-11-20(12-10-19)18-33-27-14-13-21-5-2-3-8-25(21)26(27)15-22(17-30)28(32)31-24-7-4-6-23(29)16-24/h2-16H,18H2,1H3,(H,31,32)/b22-15+. The van der Waals surface area contributed by atoms with Gasteiger partial charge in [-0.15, -0.1) is 0 Å². The summed E-state index contributed by atoms with van der Waals surface area (Å²) in [6, 6.07) is 28.5. The van der Waals surface area contributed by atoms with Crippen LogP contribution in [-0.4, -0.2) is 5.91 Å². The van der Waals surface area contributed by atoms with Gasteiger partial charge in [-0.3, -0.25) is 4.79 Å². The Morgan fingerprint density at radius 1 is 1.03 bits per heavy atom. The third-order valence-electron chi connectivity index (χ3n) is 5.18. The number of amides is 1. The predicted octanol–water partition coefficient (Wildman–Crippen LogP) is 6.93. The van der Waals surface area contributed by atoms with Crippen molar-refractivity contribution < 1.29 is 9.53 Å². The van der Waals surface area contributed by atoms with Crippen LogP contribution in [0.1, 0.15) is 16.7 Å². The lowest BCUT2D eigenvalue weighted by atomic mass is 10.0. The van der Waals surface area contributed by atoms with Crippen molar-refractivity contribution in [2.24, 2.45) is 0 Å². The lowest BCUT2D eigenvalue weighted by Gasteiger charge is -2.13. The van der Waals surface area contributed by atoms with Gasteiger partial charge in [-0.05, 0) is 53.6 Å². The summed E-state index contributed by atoms with van der Waals surface area (Å²) < 4.78 is 6.13. The molecule has 0 unspecified atom stereocenters. The molecule has 4 rings (SSSR count). The number of benzene rings is 4. The number of fused-ring (bicyclic) bond motifs is 1. The first kappa shape index (κ1) is 22.1. The number of anilines is 1. The van der Waals surface area contributed by atoms with Gasteiger partial charge in [0.1, 0.15) is 24.0 Å². The molecule has 4 nitrogen and oxygen atoms in total. The summed E-state index contributed by atoms with van der Waals surface area (Å²) in [6.07, 6.45) is 1.58. The molecule has 0 saturated heterocycles. The Bertz CT molecular complexity index is 1390. The van der Waals surface area contributed by atoms with Gasteiger partial charge in [-0.1, -0.05) is 77.8 Å². The number of hydrogen-bond donors (Lipinski definition) is 1. The number of hydrogen-bond acceptors (Lipinski definition) is 3. The van der Waals surface area contributed by atoms with E-state index in [1.807, 2.05) is 73.7 Å². The molecule has 4 aromatic rings. The van der Waals surface area contributed by atoms with Crippen molar-refractivity contribution in [3.63, 3.8) is 0 Å².